The number of piperazine rings is 2. The first kappa shape index (κ1) is 11.3. The molecule has 2 saturated heterocycles. The fourth-order valence-electron chi connectivity index (χ4n) is 2.46. The summed E-state index contributed by atoms with van der Waals surface area (Å²) >= 11 is 0. The van der Waals surface area contributed by atoms with E-state index < -0.39 is 0 Å². The summed E-state index contributed by atoms with van der Waals surface area (Å²) in [6.07, 6.45) is 0.480. The number of nitrogens with zero attached hydrogens (tertiary/aromatic N) is 2. The van der Waals surface area contributed by atoms with Gasteiger partial charge in [-0.15, -0.1) is 0 Å². The molecule has 2 heterocycles. The molecule has 0 bridgehead atoms. The lowest BCUT2D eigenvalue weighted by molar-refractivity contribution is 0.00795. The maximum absolute atomic E-state index is 9.04. The van der Waals surface area contributed by atoms with Gasteiger partial charge in [0.15, 0.2) is 0 Å². The average molecular weight is 214 g/mol. The molecule has 5 heteroatoms. The van der Waals surface area contributed by atoms with Gasteiger partial charge in [-0.25, -0.2) is 0 Å². The predicted octanol–water partition coefficient (Wildman–Crippen LogP) is -1.88. The molecule has 0 radical (unpaired) electrons. The van der Waals surface area contributed by atoms with Crippen LogP contribution in [0.2, 0.25) is 0 Å². The molecule has 5 nitrogen and oxygen atoms in total. The van der Waals surface area contributed by atoms with E-state index >= 15 is 0 Å². The van der Waals surface area contributed by atoms with Crippen molar-refractivity contribution in [3.05, 3.63) is 0 Å². The summed E-state index contributed by atoms with van der Waals surface area (Å²) in [6, 6.07) is 0. The van der Waals surface area contributed by atoms with Gasteiger partial charge in [-0.1, -0.05) is 0 Å². The van der Waals surface area contributed by atoms with Gasteiger partial charge in [0.1, 0.15) is 0 Å². The molecule has 2 fully saturated rings. The average Bonchev–Trinajstić information content (AvgIpc) is 2.31. The molecule has 1 unspecified atom stereocenters. The van der Waals surface area contributed by atoms with Crippen molar-refractivity contribution in [1.29, 1.82) is 0 Å². The molecule has 15 heavy (non-hydrogen) atoms. The summed E-state index contributed by atoms with van der Waals surface area (Å²) in [5.41, 5.74) is 0. The molecule has 0 aliphatic carbocycles. The Morgan fingerprint density at radius 3 is 2.53 bits per heavy atom. The zero-order valence-electron chi connectivity index (χ0n) is 9.28. The predicted molar refractivity (Wildman–Crippen MR) is 59.8 cm³/mol. The van der Waals surface area contributed by atoms with Crippen LogP contribution in [0.25, 0.3) is 0 Å². The van der Waals surface area contributed by atoms with E-state index in [-0.39, 0.29) is 6.61 Å². The van der Waals surface area contributed by atoms with Crippen molar-refractivity contribution >= 4 is 0 Å². The highest BCUT2D eigenvalue weighted by molar-refractivity contribution is 4.82. The van der Waals surface area contributed by atoms with Crippen LogP contribution in [-0.2, 0) is 0 Å². The number of aliphatic hydroxyl groups is 1. The number of β-amino-alcohol motifs (C(OH)–C–C–N with tert-alkyl or cyclic N) is 1. The molecule has 0 aromatic heterocycles. The van der Waals surface area contributed by atoms with Crippen molar-refractivity contribution < 1.29 is 5.11 Å². The molecule has 0 aromatic rings. The highest BCUT2D eigenvalue weighted by Crippen LogP contribution is 2.09. The van der Waals surface area contributed by atoms with E-state index in [1.54, 1.807) is 0 Å². The fourth-order valence-corrected chi connectivity index (χ4v) is 2.46. The van der Waals surface area contributed by atoms with Gasteiger partial charge in [0.25, 0.3) is 0 Å². The molecule has 2 aliphatic heterocycles. The number of hydrogen-bond donors (Lipinski definition) is 3. The van der Waals surface area contributed by atoms with Gasteiger partial charge in [-0.3, -0.25) is 9.80 Å². The first-order chi connectivity index (χ1) is 7.42. The van der Waals surface area contributed by atoms with Gasteiger partial charge in [-0.2, -0.15) is 0 Å². The molecule has 0 aromatic carbocycles. The van der Waals surface area contributed by atoms with Crippen molar-refractivity contribution in [2.24, 2.45) is 0 Å². The molecule has 0 amide bonds. The van der Waals surface area contributed by atoms with Crippen molar-refractivity contribution in [2.45, 2.75) is 6.17 Å². The summed E-state index contributed by atoms with van der Waals surface area (Å²) < 4.78 is 0. The normalized spacial score (nSPS) is 30.6. The van der Waals surface area contributed by atoms with E-state index in [0.717, 1.165) is 52.4 Å². The first-order valence-electron chi connectivity index (χ1n) is 5.92. The number of nitrogens with one attached hydrogen (secondary N) is 2. The Labute approximate surface area is 91.4 Å². The molecule has 3 N–H and O–H groups in total. The minimum absolute atomic E-state index is 0.266. The molecule has 2 aliphatic rings. The van der Waals surface area contributed by atoms with Crippen LogP contribution in [0.3, 0.4) is 0 Å². The number of rotatable bonds is 3. The van der Waals surface area contributed by atoms with Crippen LogP contribution in [-0.4, -0.2) is 80.0 Å². The molecule has 2 rings (SSSR count). The maximum atomic E-state index is 9.04. The zero-order chi connectivity index (χ0) is 10.5. The Kier molecular flexibility index (Phi) is 4.34. The molecule has 0 spiro atoms. The Balaban J connectivity index is 1.90. The van der Waals surface area contributed by atoms with Crippen LogP contribution in [0, 0.1) is 0 Å². The lowest BCUT2D eigenvalue weighted by atomic mass is 10.2. The van der Waals surface area contributed by atoms with Crippen LogP contribution in [0.1, 0.15) is 0 Å². The van der Waals surface area contributed by atoms with Gasteiger partial charge in [0.05, 0.1) is 12.8 Å². The summed E-state index contributed by atoms with van der Waals surface area (Å²) in [5, 5.41) is 15.8. The highest BCUT2D eigenvalue weighted by Gasteiger charge is 2.27. The lowest BCUT2D eigenvalue weighted by Gasteiger charge is -2.44. The van der Waals surface area contributed by atoms with Crippen molar-refractivity contribution in [3.8, 4) is 0 Å². The van der Waals surface area contributed by atoms with E-state index in [1.165, 1.54) is 0 Å². The third-order valence-corrected chi connectivity index (χ3v) is 3.28. The first-order valence-corrected chi connectivity index (χ1v) is 5.92. The molecule has 1 atom stereocenters. The fraction of sp³-hybridized carbons (Fsp3) is 1.00. The molecule has 88 valence electrons. The van der Waals surface area contributed by atoms with Crippen LogP contribution in [0.4, 0.5) is 0 Å². The second kappa shape index (κ2) is 5.77. The molecular weight excluding hydrogens is 192 g/mol. The Hall–Kier alpha value is -0.200. The third-order valence-electron chi connectivity index (χ3n) is 3.28. The van der Waals surface area contributed by atoms with Crippen LogP contribution in [0.15, 0.2) is 0 Å². The topological polar surface area (TPSA) is 50.8 Å². The summed E-state index contributed by atoms with van der Waals surface area (Å²) in [4.78, 5) is 4.90. The number of aliphatic hydroxyl groups excluding tert-OH is 1. The summed E-state index contributed by atoms with van der Waals surface area (Å²) in [5.74, 6) is 0. The molecular formula is C10H22N4O. The van der Waals surface area contributed by atoms with Crippen LogP contribution >= 0.6 is 0 Å². The number of hydrogen-bond acceptors (Lipinski definition) is 5. The van der Waals surface area contributed by atoms with E-state index in [9.17, 15) is 0 Å². The van der Waals surface area contributed by atoms with Crippen LogP contribution in [0.5, 0.6) is 0 Å². The highest BCUT2D eigenvalue weighted by atomic mass is 16.3. The van der Waals surface area contributed by atoms with Gasteiger partial charge in [0, 0.05) is 52.4 Å². The second-order valence-electron chi connectivity index (χ2n) is 4.23. The van der Waals surface area contributed by atoms with Crippen molar-refractivity contribution in [2.75, 3.05) is 59.0 Å². The van der Waals surface area contributed by atoms with Crippen molar-refractivity contribution in [3.63, 3.8) is 0 Å². The monoisotopic (exact) mass is 214 g/mol. The van der Waals surface area contributed by atoms with Gasteiger partial charge < -0.3 is 15.7 Å². The maximum Gasteiger partial charge on any atom is 0.0753 e. The smallest absolute Gasteiger partial charge is 0.0753 e. The quantitative estimate of drug-likeness (QED) is 0.513. The summed E-state index contributed by atoms with van der Waals surface area (Å²) in [7, 11) is 0. The van der Waals surface area contributed by atoms with E-state index in [0.29, 0.717) is 6.17 Å². The minimum Gasteiger partial charge on any atom is -0.395 e. The van der Waals surface area contributed by atoms with Crippen LogP contribution < -0.4 is 10.6 Å². The minimum atomic E-state index is 0.266. The molecule has 0 saturated carbocycles. The standard InChI is InChI=1S/C10H22N4O/c15-8-7-14-6-3-12-9-10(14)13-4-1-11-2-5-13/h10-12,15H,1-9H2. The largest absolute Gasteiger partial charge is 0.395 e. The lowest BCUT2D eigenvalue weighted by Crippen LogP contribution is -2.62. The van der Waals surface area contributed by atoms with Crippen molar-refractivity contribution in [1.82, 2.24) is 20.4 Å². The summed E-state index contributed by atoms with van der Waals surface area (Å²) in [6.45, 7) is 8.60. The Morgan fingerprint density at radius 2 is 1.80 bits per heavy atom. The Bertz CT molecular complexity index is 172. The van der Waals surface area contributed by atoms with E-state index in [4.69, 9.17) is 5.11 Å². The SMILES string of the molecule is OCCN1CCNCC1N1CCNCC1. The third kappa shape index (κ3) is 2.89. The van der Waals surface area contributed by atoms with E-state index in [1.807, 2.05) is 0 Å². The zero-order valence-corrected chi connectivity index (χ0v) is 9.28. The van der Waals surface area contributed by atoms with Gasteiger partial charge >= 0.3 is 0 Å². The second-order valence-corrected chi connectivity index (χ2v) is 4.23. The Morgan fingerprint density at radius 1 is 1.07 bits per heavy atom. The van der Waals surface area contributed by atoms with Gasteiger partial charge in [0.2, 0.25) is 0 Å². The van der Waals surface area contributed by atoms with Gasteiger partial charge in [-0.05, 0) is 0 Å². The van der Waals surface area contributed by atoms with E-state index in [2.05, 4.69) is 20.4 Å².